The number of imidazole rings is 1. The number of hydrogen-bond acceptors (Lipinski definition) is 5. The van der Waals surface area contributed by atoms with Gasteiger partial charge in [0.05, 0.1) is 18.8 Å². The van der Waals surface area contributed by atoms with Gasteiger partial charge < -0.3 is 19.1 Å². The minimum atomic E-state index is -0.395. The summed E-state index contributed by atoms with van der Waals surface area (Å²) in [6.07, 6.45) is 7.30. The van der Waals surface area contributed by atoms with E-state index in [1.165, 1.54) is 0 Å². The van der Waals surface area contributed by atoms with Crippen LogP contribution in [0.15, 0.2) is 30.6 Å². The number of hydrogen-bond donors (Lipinski definition) is 1. The van der Waals surface area contributed by atoms with Gasteiger partial charge in [-0.05, 0) is 45.7 Å². The number of piperidine rings is 1. The van der Waals surface area contributed by atoms with Gasteiger partial charge >= 0.3 is 0 Å². The first-order chi connectivity index (χ1) is 13.4. The molecule has 2 saturated heterocycles. The van der Waals surface area contributed by atoms with Crippen LogP contribution in [0.5, 0.6) is 11.5 Å². The Morgan fingerprint density at radius 3 is 2.96 bits per heavy atom. The number of likely N-dealkylation sites (tertiary alicyclic amines) is 1. The number of aromatic nitrogens is 2. The summed E-state index contributed by atoms with van der Waals surface area (Å²) in [5.74, 6) is 2.13. The standard InChI is InChI=1S/C22H29N3O3/c1-22(2)15-12-16-18(8-5-10-25(16)13-19-23-9-11-24(19)3)27-20(15)14-6-4-7-17(26)21(14)28-22/h4,6-7,9,11,15-16,18,20,26H,5,8,10,12-13H2,1-3H3/t15-,16-,18-,20+/m1/s1. The lowest BCUT2D eigenvalue weighted by Crippen LogP contribution is -2.58. The SMILES string of the molecule is Cn1ccnc1CN1CCC[C@H]2O[C@H]3c4cccc(O)c4OC(C)(C)[C@@H]3C[C@H]21. The third kappa shape index (κ3) is 2.81. The molecule has 3 aliphatic rings. The van der Waals surface area contributed by atoms with Crippen LogP contribution in [0, 0.1) is 5.92 Å². The molecular formula is C22H29N3O3. The summed E-state index contributed by atoms with van der Waals surface area (Å²) in [5, 5.41) is 10.3. The zero-order valence-corrected chi connectivity index (χ0v) is 16.8. The van der Waals surface area contributed by atoms with Crippen LogP contribution in [0.25, 0.3) is 0 Å². The second kappa shape index (κ2) is 6.49. The maximum Gasteiger partial charge on any atom is 0.167 e. The summed E-state index contributed by atoms with van der Waals surface area (Å²) in [4.78, 5) is 7.07. The van der Waals surface area contributed by atoms with E-state index in [-0.39, 0.29) is 23.9 Å². The fourth-order valence-electron chi connectivity index (χ4n) is 5.30. The van der Waals surface area contributed by atoms with Gasteiger partial charge in [-0.15, -0.1) is 0 Å². The summed E-state index contributed by atoms with van der Waals surface area (Å²) in [7, 11) is 2.05. The average Bonchev–Trinajstić information content (AvgIpc) is 3.06. The Kier molecular flexibility index (Phi) is 4.18. The molecule has 2 aromatic rings. The summed E-state index contributed by atoms with van der Waals surface area (Å²) in [6, 6.07) is 5.98. The number of nitrogens with zero attached hydrogens (tertiary/aromatic N) is 3. The largest absolute Gasteiger partial charge is 0.504 e. The Bertz CT molecular complexity index is 878. The molecule has 0 bridgehead atoms. The van der Waals surface area contributed by atoms with Crippen LogP contribution in [-0.2, 0) is 18.3 Å². The Hall–Kier alpha value is -2.05. The number of rotatable bonds is 2. The highest BCUT2D eigenvalue weighted by Gasteiger charge is 2.52. The molecule has 150 valence electrons. The minimum Gasteiger partial charge on any atom is -0.504 e. The first-order valence-corrected chi connectivity index (χ1v) is 10.3. The van der Waals surface area contributed by atoms with Gasteiger partial charge in [-0.3, -0.25) is 4.90 Å². The van der Waals surface area contributed by atoms with Crippen molar-refractivity contribution in [1.29, 1.82) is 0 Å². The lowest BCUT2D eigenvalue weighted by atomic mass is 9.72. The molecule has 0 amide bonds. The summed E-state index contributed by atoms with van der Waals surface area (Å²) in [6.45, 7) is 6.17. The molecule has 4 atom stereocenters. The maximum atomic E-state index is 10.3. The van der Waals surface area contributed by atoms with Crippen molar-refractivity contribution < 1.29 is 14.6 Å². The number of aromatic hydroxyl groups is 1. The monoisotopic (exact) mass is 383 g/mol. The lowest BCUT2D eigenvalue weighted by Gasteiger charge is -2.54. The Morgan fingerprint density at radius 1 is 1.32 bits per heavy atom. The second-order valence-electron chi connectivity index (χ2n) is 8.97. The molecule has 1 N–H and O–H groups in total. The quantitative estimate of drug-likeness (QED) is 0.861. The van der Waals surface area contributed by atoms with E-state index < -0.39 is 5.60 Å². The summed E-state index contributed by atoms with van der Waals surface area (Å²) >= 11 is 0. The molecular weight excluding hydrogens is 354 g/mol. The van der Waals surface area contributed by atoms with E-state index in [2.05, 4.69) is 35.3 Å². The highest BCUT2D eigenvalue weighted by atomic mass is 16.5. The lowest BCUT2D eigenvalue weighted by molar-refractivity contribution is -0.191. The van der Waals surface area contributed by atoms with Crippen LogP contribution in [0.1, 0.15) is 50.6 Å². The number of fused-ring (bicyclic) bond motifs is 4. The first kappa shape index (κ1) is 18.0. The molecule has 1 aromatic carbocycles. The van der Waals surface area contributed by atoms with Crippen molar-refractivity contribution >= 4 is 0 Å². The van der Waals surface area contributed by atoms with Crippen molar-refractivity contribution in [3.63, 3.8) is 0 Å². The number of ether oxygens (including phenoxy) is 2. The fraction of sp³-hybridized carbons (Fsp3) is 0.591. The molecule has 0 saturated carbocycles. The summed E-state index contributed by atoms with van der Waals surface area (Å²) < 4.78 is 15.1. The van der Waals surface area contributed by atoms with E-state index >= 15 is 0 Å². The minimum absolute atomic E-state index is 0.0276. The Morgan fingerprint density at radius 2 is 2.18 bits per heavy atom. The number of benzene rings is 1. The topological polar surface area (TPSA) is 59.8 Å². The predicted octanol–water partition coefficient (Wildman–Crippen LogP) is 3.41. The molecule has 6 heteroatoms. The molecule has 2 fully saturated rings. The fourth-order valence-corrected chi connectivity index (χ4v) is 5.30. The molecule has 6 nitrogen and oxygen atoms in total. The molecule has 1 aromatic heterocycles. The number of phenols is 1. The van der Waals surface area contributed by atoms with Crippen LogP contribution in [-0.4, -0.2) is 43.8 Å². The van der Waals surface area contributed by atoms with E-state index in [1.54, 1.807) is 6.07 Å². The van der Waals surface area contributed by atoms with Gasteiger partial charge in [-0.2, -0.15) is 0 Å². The van der Waals surface area contributed by atoms with Crippen molar-refractivity contribution in [1.82, 2.24) is 14.5 Å². The van der Waals surface area contributed by atoms with Gasteiger partial charge in [0.25, 0.3) is 0 Å². The van der Waals surface area contributed by atoms with E-state index in [0.717, 1.165) is 43.7 Å². The van der Waals surface area contributed by atoms with Crippen molar-refractivity contribution in [3.8, 4) is 11.5 Å². The van der Waals surface area contributed by atoms with Gasteiger partial charge in [0.1, 0.15) is 11.4 Å². The number of phenolic OH excluding ortho intramolecular Hbond substituents is 1. The molecule has 0 spiro atoms. The van der Waals surface area contributed by atoms with E-state index in [4.69, 9.17) is 9.47 Å². The maximum absolute atomic E-state index is 10.3. The third-order valence-corrected chi connectivity index (χ3v) is 6.87. The molecule has 0 unspecified atom stereocenters. The Balaban J connectivity index is 1.46. The van der Waals surface area contributed by atoms with Crippen molar-refractivity contribution in [2.75, 3.05) is 6.54 Å². The molecule has 0 radical (unpaired) electrons. The van der Waals surface area contributed by atoms with Gasteiger partial charge in [0.15, 0.2) is 11.5 Å². The number of para-hydroxylation sites is 1. The smallest absolute Gasteiger partial charge is 0.167 e. The van der Waals surface area contributed by atoms with Crippen molar-refractivity contribution in [2.45, 2.75) is 63.5 Å². The molecule has 3 aliphatic heterocycles. The number of aryl methyl sites for hydroxylation is 1. The normalized spacial score (nSPS) is 31.4. The van der Waals surface area contributed by atoms with Crippen LogP contribution in [0.4, 0.5) is 0 Å². The van der Waals surface area contributed by atoms with E-state index in [0.29, 0.717) is 11.8 Å². The average molecular weight is 383 g/mol. The zero-order valence-electron chi connectivity index (χ0n) is 16.8. The Labute approximate surface area is 166 Å². The molecule has 4 heterocycles. The van der Waals surface area contributed by atoms with Crippen LogP contribution in [0.2, 0.25) is 0 Å². The van der Waals surface area contributed by atoms with Gasteiger partial charge in [0, 0.05) is 37.0 Å². The van der Waals surface area contributed by atoms with Crippen LogP contribution in [0.3, 0.4) is 0 Å². The van der Waals surface area contributed by atoms with Gasteiger partial charge in [-0.1, -0.05) is 12.1 Å². The van der Waals surface area contributed by atoms with Crippen molar-refractivity contribution in [3.05, 3.63) is 42.0 Å². The highest BCUT2D eigenvalue weighted by Crippen LogP contribution is 2.54. The molecule has 0 aliphatic carbocycles. The first-order valence-electron chi connectivity index (χ1n) is 10.3. The van der Waals surface area contributed by atoms with E-state index in [1.807, 2.05) is 24.5 Å². The highest BCUT2D eigenvalue weighted by molar-refractivity contribution is 5.49. The molecule has 28 heavy (non-hydrogen) atoms. The van der Waals surface area contributed by atoms with Gasteiger partial charge in [0.2, 0.25) is 0 Å². The van der Waals surface area contributed by atoms with Gasteiger partial charge in [-0.25, -0.2) is 4.98 Å². The second-order valence-corrected chi connectivity index (χ2v) is 8.97. The van der Waals surface area contributed by atoms with Crippen LogP contribution >= 0.6 is 0 Å². The molecule has 5 rings (SSSR count). The van der Waals surface area contributed by atoms with Crippen LogP contribution < -0.4 is 4.74 Å². The predicted molar refractivity (Wildman–Crippen MR) is 105 cm³/mol. The third-order valence-electron chi connectivity index (χ3n) is 6.87. The zero-order chi connectivity index (χ0) is 19.5. The summed E-state index contributed by atoms with van der Waals surface area (Å²) in [5.41, 5.74) is 0.595. The van der Waals surface area contributed by atoms with E-state index in [9.17, 15) is 5.11 Å². The van der Waals surface area contributed by atoms with Crippen molar-refractivity contribution in [2.24, 2.45) is 13.0 Å².